The summed E-state index contributed by atoms with van der Waals surface area (Å²) >= 11 is 4.81. The number of aromatic nitrogens is 2. The highest BCUT2D eigenvalue weighted by Gasteiger charge is 2.17. The third-order valence-electron chi connectivity index (χ3n) is 2.67. The van der Waals surface area contributed by atoms with Crippen LogP contribution in [-0.4, -0.2) is 15.2 Å². The van der Waals surface area contributed by atoms with Gasteiger partial charge in [0, 0.05) is 0 Å². The van der Waals surface area contributed by atoms with Gasteiger partial charge in [0.2, 0.25) is 0 Å². The molecule has 0 fully saturated rings. The smallest absolute Gasteiger partial charge is 0.167 e. The first-order valence-electron chi connectivity index (χ1n) is 6.02. The van der Waals surface area contributed by atoms with Crippen molar-refractivity contribution in [3.05, 3.63) is 35.0 Å². The van der Waals surface area contributed by atoms with E-state index >= 15 is 0 Å². The van der Waals surface area contributed by atoms with Gasteiger partial charge in [-0.25, -0.2) is 4.98 Å². The van der Waals surface area contributed by atoms with E-state index in [4.69, 9.17) is 5.26 Å². The molecule has 0 bridgehead atoms. The van der Waals surface area contributed by atoms with E-state index in [0.29, 0.717) is 0 Å². The zero-order chi connectivity index (χ0) is 13.9. The number of hydrogen-bond acceptors (Lipinski definition) is 5. The molecule has 3 nitrogen and oxygen atoms in total. The lowest BCUT2D eigenvalue weighted by atomic mass is 10.2. The molecular formula is C14H11N3S3. The molecule has 0 aliphatic carbocycles. The summed E-state index contributed by atoms with van der Waals surface area (Å²) in [5.74, 6) is 0. The summed E-state index contributed by atoms with van der Waals surface area (Å²) < 4.78 is 0. The van der Waals surface area contributed by atoms with Crippen LogP contribution in [0.25, 0.3) is 21.1 Å². The normalized spacial score (nSPS) is 12.2. The van der Waals surface area contributed by atoms with Crippen LogP contribution in [0.3, 0.4) is 0 Å². The van der Waals surface area contributed by atoms with Crippen molar-refractivity contribution in [2.75, 3.05) is 0 Å². The molecule has 0 aliphatic rings. The highest BCUT2D eigenvalue weighted by molar-refractivity contribution is 8.00. The van der Waals surface area contributed by atoms with Crippen LogP contribution in [0.1, 0.15) is 6.92 Å². The minimum Gasteiger partial charge on any atom is -0.332 e. The lowest BCUT2D eigenvalue weighted by molar-refractivity contribution is 1.05. The number of H-pyrrole nitrogens is 1. The van der Waals surface area contributed by atoms with Gasteiger partial charge in [0.25, 0.3) is 0 Å². The van der Waals surface area contributed by atoms with Gasteiger partial charge < -0.3 is 4.98 Å². The zero-order valence-electron chi connectivity index (χ0n) is 10.7. The molecule has 1 atom stereocenters. The third-order valence-corrected chi connectivity index (χ3v) is 5.31. The molecule has 0 saturated heterocycles. The number of imidazole rings is 1. The molecule has 0 unspecified atom stereocenters. The van der Waals surface area contributed by atoms with Crippen molar-refractivity contribution in [3.63, 3.8) is 0 Å². The highest BCUT2D eigenvalue weighted by Crippen LogP contribution is 2.37. The number of nitrogens with one attached hydrogen (secondary N) is 1. The summed E-state index contributed by atoms with van der Waals surface area (Å²) in [5.41, 5.74) is 2.00. The van der Waals surface area contributed by atoms with Gasteiger partial charge in [-0.2, -0.15) is 5.26 Å². The van der Waals surface area contributed by atoms with Crippen LogP contribution in [0.2, 0.25) is 0 Å². The summed E-state index contributed by atoms with van der Waals surface area (Å²) in [5, 5.41) is 13.7. The van der Waals surface area contributed by atoms with Gasteiger partial charge in [-0.1, -0.05) is 23.9 Å². The Morgan fingerprint density at radius 1 is 1.25 bits per heavy atom. The lowest BCUT2D eigenvalue weighted by Crippen LogP contribution is -1.90. The molecule has 6 heteroatoms. The number of aromatic amines is 1. The summed E-state index contributed by atoms with van der Waals surface area (Å²) in [4.78, 5) is 10.3. The van der Waals surface area contributed by atoms with E-state index in [-0.39, 0.29) is 5.25 Å². The maximum Gasteiger partial charge on any atom is 0.167 e. The minimum atomic E-state index is -0.117. The van der Waals surface area contributed by atoms with Crippen LogP contribution >= 0.6 is 34.4 Å². The minimum absolute atomic E-state index is 0.117. The number of thioether (sulfide) groups is 1. The molecule has 20 heavy (non-hydrogen) atoms. The van der Waals surface area contributed by atoms with Gasteiger partial charge in [-0.15, -0.1) is 22.7 Å². The molecule has 0 amide bonds. The molecule has 1 N–H and O–H groups in total. The second kappa shape index (κ2) is 5.83. The van der Waals surface area contributed by atoms with E-state index in [2.05, 4.69) is 33.5 Å². The molecule has 3 aromatic heterocycles. The van der Waals surface area contributed by atoms with Gasteiger partial charge in [-0.05, 0) is 29.8 Å². The predicted octanol–water partition coefficient (Wildman–Crippen LogP) is 4.87. The molecule has 100 valence electrons. The largest absolute Gasteiger partial charge is 0.332 e. The number of nitrogens with zero attached hydrogens (tertiary/aromatic N) is 2. The standard InChI is InChI=1S/C14H11N3S3/c1-9(8-15)20-14-16-12(10-4-2-6-18-10)13(17-14)11-5-3-7-19-11/h2-7,9H,1H3,(H,16,17)/t9-/m0/s1. The average molecular weight is 317 g/mol. The molecule has 3 heterocycles. The van der Waals surface area contributed by atoms with Crippen molar-refractivity contribution >= 4 is 34.4 Å². The van der Waals surface area contributed by atoms with Crippen LogP contribution in [0.4, 0.5) is 0 Å². The topological polar surface area (TPSA) is 52.5 Å². The molecule has 0 spiro atoms. The third kappa shape index (κ3) is 2.66. The van der Waals surface area contributed by atoms with E-state index in [0.717, 1.165) is 26.3 Å². The second-order valence-corrected chi connectivity index (χ2v) is 7.33. The van der Waals surface area contributed by atoms with E-state index in [1.807, 2.05) is 24.4 Å². The maximum atomic E-state index is 8.93. The summed E-state index contributed by atoms with van der Waals surface area (Å²) in [6.07, 6.45) is 0. The van der Waals surface area contributed by atoms with Crippen LogP contribution in [-0.2, 0) is 0 Å². The Bertz CT molecular complexity index is 669. The SMILES string of the molecule is C[C@@H](C#N)Sc1nc(-c2cccs2)c(-c2cccs2)[nH]1. The van der Waals surface area contributed by atoms with Gasteiger partial charge in [0.05, 0.1) is 26.8 Å². The summed E-state index contributed by atoms with van der Waals surface area (Å²) in [6, 6.07) is 10.4. The van der Waals surface area contributed by atoms with Crippen molar-refractivity contribution in [1.29, 1.82) is 5.26 Å². The fourth-order valence-electron chi connectivity index (χ4n) is 1.79. The van der Waals surface area contributed by atoms with Crippen molar-refractivity contribution in [1.82, 2.24) is 9.97 Å². The number of rotatable bonds is 4. The predicted molar refractivity (Wildman–Crippen MR) is 86.1 cm³/mol. The first-order valence-corrected chi connectivity index (χ1v) is 8.66. The Kier molecular flexibility index (Phi) is 3.92. The molecule has 0 saturated carbocycles. The Labute approximate surface area is 129 Å². The highest BCUT2D eigenvalue weighted by atomic mass is 32.2. The van der Waals surface area contributed by atoms with Crippen molar-refractivity contribution < 1.29 is 0 Å². The fourth-order valence-corrected chi connectivity index (χ4v) is 3.93. The Morgan fingerprint density at radius 2 is 1.95 bits per heavy atom. The lowest BCUT2D eigenvalue weighted by Gasteiger charge is -1.96. The molecule has 3 aromatic rings. The quantitative estimate of drug-likeness (QED) is 0.698. The van der Waals surface area contributed by atoms with Crippen LogP contribution in [0.15, 0.2) is 40.2 Å². The Morgan fingerprint density at radius 3 is 2.55 bits per heavy atom. The van der Waals surface area contributed by atoms with Crippen LogP contribution < -0.4 is 0 Å². The molecule has 0 aliphatic heterocycles. The molecular weight excluding hydrogens is 306 g/mol. The van der Waals surface area contributed by atoms with Crippen molar-refractivity contribution in [2.45, 2.75) is 17.3 Å². The van der Waals surface area contributed by atoms with E-state index in [1.165, 1.54) is 11.8 Å². The van der Waals surface area contributed by atoms with E-state index in [9.17, 15) is 0 Å². The zero-order valence-corrected chi connectivity index (χ0v) is 13.1. The number of hydrogen-bond donors (Lipinski definition) is 1. The van der Waals surface area contributed by atoms with Crippen LogP contribution in [0, 0.1) is 11.3 Å². The molecule has 0 aromatic carbocycles. The summed E-state index contributed by atoms with van der Waals surface area (Å²) in [6.45, 7) is 1.88. The van der Waals surface area contributed by atoms with Gasteiger partial charge >= 0.3 is 0 Å². The number of nitriles is 1. The summed E-state index contributed by atoms with van der Waals surface area (Å²) in [7, 11) is 0. The molecule has 0 radical (unpaired) electrons. The Hall–Kier alpha value is -1.55. The van der Waals surface area contributed by atoms with Gasteiger partial charge in [-0.3, -0.25) is 0 Å². The van der Waals surface area contributed by atoms with E-state index in [1.54, 1.807) is 22.7 Å². The van der Waals surface area contributed by atoms with Gasteiger partial charge in [0.15, 0.2) is 5.16 Å². The maximum absolute atomic E-state index is 8.93. The van der Waals surface area contributed by atoms with Crippen LogP contribution in [0.5, 0.6) is 0 Å². The fraction of sp³-hybridized carbons (Fsp3) is 0.143. The van der Waals surface area contributed by atoms with Crippen molar-refractivity contribution in [3.8, 4) is 27.2 Å². The number of thiophene rings is 2. The van der Waals surface area contributed by atoms with Gasteiger partial charge in [0.1, 0.15) is 5.69 Å². The Balaban J connectivity index is 2.05. The van der Waals surface area contributed by atoms with Crippen molar-refractivity contribution in [2.24, 2.45) is 0 Å². The second-order valence-electron chi connectivity index (χ2n) is 4.11. The monoisotopic (exact) mass is 317 g/mol. The first-order chi connectivity index (χ1) is 9.78. The van der Waals surface area contributed by atoms with E-state index < -0.39 is 0 Å². The first kappa shape index (κ1) is 13.4. The molecule has 3 rings (SSSR count). The average Bonchev–Trinajstić information content (AvgIpc) is 3.18.